The average Bonchev–Trinajstić information content (AvgIpc) is 3.42. The van der Waals surface area contributed by atoms with Crippen LogP contribution in [0.25, 0.3) is 16.5 Å². The molecule has 0 saturated heterocycles. The maximum atomic E-state index is 13.9. The number of para-hydroxylation sites is 1. The minimum Gasteiger partial charge on any atom is -0.481 e. The Hall–Kier alpha value is -4.67. The lowest BCUT2D eigenvalue weighted by atomic mass is 10.1. The van der Waals surface area contributed by atoms with Gasteiger partial charge in [0.15, 0.2) is 5.76 Å². The number of fused-ring (bicyclic) bond motifs is 1. The molecular weight excluding hydrogens is 587 g/mol. The first-order valence-corrected chi connectivity index (χ1v) is 15.5. The van der Waals surface area contributed by atoms with Crippen molar-refractivity contribution in [1.82, 2.24) is 15.0 Å². The van der Waals surface area contributed by atoms with Gasteiger partial charge in [0, 0.05) is 49.7 Å². The Kier molecular flexibility index (Phi) is 13.2. The third-order valence-corrected chi connectivity index (χ3v) is 7.38. The zero-order valence-corrected chi connectivity index (χ0v) is 26.4. The third-order valence-electron chi connectivity index (χ3n) is 7.38. The lowest BCUT2D eigenvalue weighted by Crippen LogP contribution is -2.27. The predicted molar refractivity (Wildman–Crippen MR) is 177 cm³/mol. The van der Waals surface area contributed by atoms with E-state index >= 15 is 0 Å². The van der Waals surface area contributed by atoms with E-state index in [4.69, 9.17) is 19.4 Å². The van der Waals surface area contributed by atoms with Gasteiger partial charge in [0.2, 0.25) is 0 Å². The second-order valence-corrected chi connectivity index (χ2v) is 10.9. The van der Waals surface area contributed by atoms with Crippen LogP contribution >= 0.6 is 0 Å². The van der Waals surface area contributed by atoms with Gasteiger partial charge in [-0.25, -0.2) is 9.38 Å². The summed E-state index contributed by atoms with van der Waals surface area (Å²) >= 11 is 0. The molecule has 2 heterocycles. The second kappa shape index (κ2) is 17.7. The zero-order chi connectivity index (χ0) is 32.7. The van der Waals surface area contributed by atoms with E-state index in [2.05, 4.69) is 10.1 Å². The Balaban J connectivity index is 1.51. The van der Waals surface area contributed by atoms with Crippen LogP contribution in [0.5, 0.6) is 0 Å². The molecule has 0 fully saturated rings. The van der Waals surface area contributed by atoms with Crippen molar-refractivity contribution in [2.45, 2.75) is 58.7 Å². The number of unbranched alkanes of at least 4 members (excludes halogenated alkanes) is 1. The first kappa shape index (κ1) is 34.2. The van der Waals surface area contributed by atoms with Crippen molar-refractivity contribution < 1.29 is 28.7 Å². The number of aliphatic hydroxyl groups is 1. The van der Waals surface area contributed by atoms with Gasteiger partial charge in [0.05, 0.1) is 24.4 Å². The number of hydrogen-bond acceptors (Lipinski definition) is 7. The number of aromatic nitrogens is 2. The molecule has 10 heteroatoms. The number of allylic oxidation sites excluding steroid dienone is 7. The van der Waals surface area contributed by atoms with E-state index in [1.54, 1.807) is 12.3 Å². The van der Waals surface area contributed by atoms with Crippen LogP contribution in [-0.4, -0.2) is 57.3 Å². The van der Waals surface area contributed by atoms with Crippen LogP contribution in [0.2, 0.25) is 0 Å². The van der Waals surface area contributed by atoms with Gasteiger partial charge >= 0.3 is 5.97 Å². The molecular formula is C36H41FN4O5. The van der Waals surface area contributed by atoms with Crippen molar-refractivity contribution in [3.63, 3.8) is 0 Å². The topological polar surface area (TPSA) is 121 Å². The number of rotatable bonds is 16. The van der Waals surface area contributed by atoms with Gasteiger partial charge in [-0.2, -0.15) is 0 Å². The minimum atomic E-state index is -0.844. The summed E-state index contributed by atoms with van der Waals surface area (Å²) in [7, 11) is 1.86. The summed E-state index contributed by atoms with van der Waals surface area (Å²) in [4.78, 5) is 22.3. The molecule has 1 aromatic carbocycles. The lowest BCUT2D eigenvalue weighted by Gasteiger charge is -2.21. The third kappa shape index (κ3) is 10.2. The highest BCUT2D eigenvalue weighted by molar-refractivity contribution is 5.85. The van der Waals surface area contributed by atoms with Gasteiger partial charge < -0.3 is 24.4 Å². The van der Waals surface area contributed by atoms with Gasteiger partial charge in [-0.3, -0.25) is 9.78 Å². The van der Waals surface area contributed by atoms with E-state index in [0.717, 1.165) is 22.0 Å². The zero-order valence-electron chi connectivity index (χ0n) is 26.4. The maximum absolute atomic E-state index is 13.9. The van der Waals surface area contributed by atoms with Gasteiger partial charge in [0.1, 0.15) is 24.0 Å². The van der Waals surface area contributed by atoms with E-state index < -0.39 is 5.97 Å². The van der Waals surface area contributed by atoms with Crippen molar-refractivity contribution in [1.29, 1.82) is 0 Å². The van der Waals surface area contributed by atoms with Crippen LogP contribution in [-0.2, 0) is 22.7 Å². The van der Waals surface area contributed by atoms with E-state index in [1.807, 2.05) is 73.5 Å². The second-order valence-electron chi connectivity index (χ2n) is 10.9. The molecule has 46 heavy (non-hydrogen) atoms. The number of likely N-dealkylation sites (N-methyl/N-ethyl adjacent to an activating group) is 1. The van der Waals surface area contributed by atoms with Gasteiger partial charge in [-0.05, 0) is 67.2 Å². The molecule has 1 aliphatic rings. The first-order chi connectivity index (χ1) is 22.4. The number of carboxylic acid groups (broad SMARTS) is 1. The SMILES string of the molecule is CC/C=C(F)\C=C/CN(C)C(CCCCC(=O)O)=NC1=CC(c2cc(COCc3ccnc4ccccc34)on2)=CCC=C1CO. The standard InChI is InChI=1S/C36H41FN4O5/c1-3-10-29(37)13-9-20-41(2)35(16-6-7-17-36(43)44)39-33-21-26(11-8-12-27(33)23-42)34-22-30(46-40-34)25-45-24-28-18-19-38-32-15-5-4-14-31(28)32/h4-5,9-15,18-19,21-22,42H,3,6-8,16-17,20,23-25H2,1-2H3,(H,43,44)/b13-9-,29-10+,39-35?. The summed E-state index contributed by atoms with van der Waals surface area (Å²) in [6.45, 7) is 2.69. The molecule has 0 saturated carbocycles. The summed E-state index contributed by atoms with van der Waals surface area (Å²) in [5.41, 5.74) is 4.58. The van der Waals surface area contributed by atoms with Crippen LogP contribution in [0, 0.1) is 0 Å². The summed E-state index contributed by atoms with van der Waals surface area (Å²) in [5.74, 6) is 0.121. The quantitative estimate of drug-likeness (QED) is 0.0732. The first-order valence-electron chi connectivity index (χ1n) is 15.5. The highest BCUT2D eigenvalue weighted by Crippen LogP contribution is 2.27. The molecule has 0 atom stereocenters. The van der Waals surface area contributed by atoms with Crippen LogP contribution in [0.3, 0.4) is 0 Å². The molecule has 0 amide bonds. The molecule has 0 spiro atoms. The Morgan fingerprint density at radius 1 is 1.17 bits per heavy atom. The Morgan fingerprint density at radius 2 is 2.00 bits per heavy atom. The number of pyridine rings is 1. The summed E-state index contributed by atoms with van der Waals surface area (Å²) < 4.78 is 25.5. The molecule has 0 aliphatic heterocycles. The predicted octanol–water partition coefficient (Wildman–Crippen LogP) is 7.32. The maximum Gasteiger partial charge on any atom is 0.303 e. The van der Waals surface area contributed by atoms with Crippen LogP contribution < -0.4 is 0 Å². The number of halogens is 1. The lowest BCUT2D eigenvalue weighted by molar-refractivity contribution is -0.137. The molecule has 0 radical (unpaired) electrons. The van der Waals surface area contributed by atoms with E-state index in [9.17, 15) is 14.3 Å². The normalized spacial score (nSPS) is 14.3. The van der Waals surface area contributed by atoms with Crippen LogP contribution in [0.4, 0.5) is 4.39 Å². The highest BCUT2D eigenvalue weighted by atomic mass is 19.1. The number of aliphatic hydroxyl groups excluding tert-OH is 1. The van der Waals surface area contributed by atoms with Crippen molar-refractivity contribution in [2.75, 3.05) is 20.2 Å². The Labute approximate surface area is 268 Å². The molecule has 242 valence electrons. The van der Waals surface area contributed by atoms with Crippen LogP contribution in [0.15, 0.2) is 106 Å². The molecule has 9 nitrogen and oxygen atoms in total. The van der Waals surface area contributed by atoms with E-state index in [-0.39, 0.29) is 25.5 Å². The highest BCUT2D eigenvalue weighted by Gasteiger charge is 2.16. The summed E-state index contributed by atoms with van der Waals surface area (Å²) in [5, 5.41) is 24.6. The number of aliphatic imine (C=N–C) groups is 1. The van der Waals surface area contributed by atoms with Crippen LogP contribution in [0.1, 0.15) is 62.5 Å². The van der Waals surface area contributed by atoms with Gasteiger partial charge in [-0.1, -0.05) is 48.5 Å². The number of benzene rings is 1. The molecule has 3 aromatic rings. The fourth-order valence-electron chi connectivity index (χ4n) is 4.94. The average molecular weight is 629 g/mol. The fraction of sp³-hybridized carbons (Fsp3) is 0.333. The summed E-state index contributed by atoms with van der Waals surface area (Å²) in [6.07, 6.45) is 15.1. The summed E-state index contributed by atoms with van der Waals surface area (Å²) in [6, 6.07) is 11.7. The van der Waals surface area contributed by atoms with Crippen molar-refractivity contribution in [3.05, 3.63) is 113 Å². The smallest absolute Gasteiger partial charge is 0.303 e. The number of carboxylic acids is 1. The molecule has 1 aliphatic carbocycles. The van der Waals surface area contributed by atoms with Crippen molar-refractivity contribution in [2.24, 2.45) is 4.99 Å². The fourth-order valence-corrected chi connectivity index (χ4v) is 4.94. The number of hydrogen-bond donors (Lipinski definition) is 2. The monoisotopic (exact) mass is 628 g/mol. The van der Waals surface area contributed by atoms with Gasteiger partial charge in [0.25, 0.3) is 0 Å². The van der Waals surface area contributed by atoms with E-state index in [0.29, 0.717) is 73.8 Å². The minimum absolute atomic E-state index is 0.0681. The Bertz CT molecular complexity index is 1660. The van der Waals surface area contributed by atoms with Gasteiger partial charge in [-0.15, -0.1) is 0 Å². The Morgan fingerprint density at radius 3 is 2.80 bits per heavy atom. The molecule has 2 aromatic heterocycles. The van der Waals surface area contributed by atoms with Crippen molar-refractivity contribution >= 4 is 28.3 Å². The molecule has 0 unspecified atom stereocenters. The number of aliphatic carboxylic acids is 1. The van der Waals surface area contributed by atoms with E-state index in [1.165, 1.54) is 12.2 Å². The number of nitrogens with zero attached hydrogens (tertiary/aromatic N) is 4. The molecule has 0 bridgehead atoms. The molecule has 2 N–H and O–H groups in total. The molecule has 4 rings (SSSR count). The number of carbonyl (C=O) groups is 1. The number of amidine groups is 1. The largest absolute Gasteiger partial charge is 0.481 e. The van der Waals surface area contributed by atoms with Crippen molar-refractivity contribution in [3.8, 4) is 0 Å². The number of ether oxygens (including phenoxy) is 1.